The molecule has 6 nitrogen and oxygen atoms in total. The van der Waals surface area contributed by atoms with Crippen molar-refractivity contribution in [2.75, 3.05) is 13.1 Å². The fourth-order valence-electron chi connectivity index (χ4n) is 2.38. The van der Waals surface area contributed by atoms with E-state index < -0.39 is 21.9 Å². The van der Waals surface area contributed by atoms with E-state index in [1.54, 1.807) is 13.0 Å². The molecule has 21 heavy (non-hydrogen) atoms. The van der Waals surface area contributed by atoms with Crippen molar-refractivity contribution in [1.82, 2.24) is 4.31 Å². The second kappa shape index (κ2) is 5.75. The van der Waals surface area contributed by atoms with Crippen molar-refractivity contribution in [2.45, 2.75) is 11.8 Å². The Bertz CT molecular complexity index is 726. The van der Waals surface area contributed by atoms with Crippen LogP contribution in [0, 0.1) is 23.2 Å². The summed E-state index contributed by atoms with van der Waals surface area (Å²) in [6, 6.07) is 6.23. The molecule has 1 aliphatic rings. The number of rotatable bonds is 3. The van der Waals surface area contributed by atoms with Crippen molar-refractivity contribution in [3.63, 3.8) is 0 Å². The maximum absolute atomic E-state index is 12.6. The molecule has 8 heteroatoms. The Balaban J connectivity index is 2.43. The molecule has 1 saturated heterocycles. The first-order valence-corrected chi connectivity index (χ1v) is 8.43. The number of carboxylic acid groups (broad SMARTS) is 1. The van der Waals surface area contributed by atoms with E-state index in [1.807, 2.05) is 6.07 Å². The van der Waals surface area contributed by atoms with Crippen LogP contribution in [0.5, 0.6) is 0 Å². The summed E-state index contributed by atoms with van der Waals surface area (Å²) < 4.78 is 27.0. The highest BCUT2D eigenvalue weighted by molar-refractivity contribution is 9.10. The third kappa shape index (κ3) is 2.95. The Kier molecular flexibility index (Phi) is 4.37. The van der Waals surface area contributed by atoms with Gasteiger partial charge in [-0.3, -0.25) is 4.79 Å². The van der Waals surface area contributed by atoms with Crippen LogP contribution in [0.4, 0.5) is 0 Å². The van der Waals surface area contributed by atoms with Crippen molar-refractivity contribution in [2.24, 2.45) is 11.8 Å². The first-order valence-electron chi connectivity index (χ1n) is 6.20. The first-order chi connectivity index (χ1) is 9.77. The molecule has 2 rings (SSSR count). The van der Waals surface area contributed by atoms with Gasteiger partial charge in [0, 0.05) is 17.6 Å². The highest BCUT2D eigenvalue weighted by Gasteiger charge is 2.41. The van der Waals surface area contributed by atoms with Crippen LogP contribution in [-0.4, -0.2) is 36.9 Å². The molecule has 0 radical (unpaired) electrons. The second-order valence-electron chi connectivity index (χ2n) is 5.00. The SMILES string of the molecule is C[C@@H]1CN(S(=O)(=O)c2cc(Br)ccc2C#N)C[C@H]1C(=O)O. The number of aliphatic carboxylic acids is 1. The van der Waals surface area contributed by atoms with Crippen molar-refractivity contribution >= 4 is 31.9 Å². The molecule has 112 valence electrons. The third-order valence-corrected chi connectivity index (χ3v) is 5.94. The van der Waals surface area contributed by atoms with Gasteiger partial charge in [-0.25, -0.2) is 8.42 Å². The summed E-state index contributed by atoms with van der Waals surface area (Å²) in [5, 5.41) is 18.2. The quantitative estimate of drug-likeness (QED) is 0.869. The Hall–Kier alpha value is -1.43. The van der Waals surface area contributed by atoms with E-state index in [2.05, 4.69) is 15.9 Å². The van der Waals surface area contributed by atoms with Crippen molar-refractivity contribution in [3.8, 4) is 6.07 Å². The van der Waals surface area contributed by atoms with Crippen molar-refractivity contribution in [1.29, 1.82) is 5.26 Å². The number of hydrogen-bond acceptors (Lipinski definition) is 4. The lowest BCUT2D eigenvalue weighted by molar-refractivity contribution is -0.142. The standard InChI is InChI=1S/C13H13BrN2O4S/c1-8-6-16(7-11(8)13(17)18)21(19,20)12-4-10(14)3-2-9(12)5-15/h2-4,8,11H,6-7H2,1H3,(H,17,18)/t8-,11-/m1/s1. The zero-order valence-electron chi connectivity index (χ0n) is 11.2. The van der Waals surface area contributed by atoms with Crippen LogP contribution >= 0.6 is 15.9 Å². The van der Waals surface area contributed by atoms with Gasteiger partial charge in [-0.15, -0.1) is 0 Å². The number of sulfonamides is 1. The summed E-state index contributed by atoms with van der Waals surface area (Å²) >= 11 is 3.19. The van der Waals surface area contributed by atoms with Gasteiger partial charge >= 0.3 is 5.97 Å². The van der Waals surface area contributed by atoms with Gasteiger partial charge in [0.1, 0.15) is 11.0 Å². The Labute approximate surface area is 131 Å². The van der Waals surface area contributed by atoms with Gasteiger partial charge < -0.3 is 5.11 Å². The number of nitriles is 1. The molecule has 0 saturated carbocycles. The van der Waals surface area contributed by atoms with E-state index in [0.29, 0.717) is 4.47 Å². The minimum Gasteiger partial charge on any atom is -0.481 e. The third-order valence-electron chi connectivity index (χ3n) is 3.58. The molecule has 1 heterocycles. The molecule has 0 unspecified atom stereocenters. The van der Waals surface area contributed by atoms with Crippen LogP contribution < -0.4 is 0 Å². The van der Waals surface area contributed by atoms with E-state index in [0.717, 1.165) is 4.31 Å². The maximum Gasteiger partial charge on any atom is 0.308 e. The predicted octanol–water partition coefficient (Wildman–Crippen LogP) is 1.66. The van der Waals surface area contributed by atoms with Crippen LogP contribution in [0.15, 0.2) is 27.6 Å². The molecule has 1 aromatic rings. The summed E-state index contributed by atoms with van der Waals surface area (Å²) in [7, 11) is -3.89. The Morgan fingerprint density at radius 2 is 2.14 bits per heavy atom. The molecule has 0 amide bonds. The van der Waals surface area contributed by atoms with Gasteiger partial charge in [0.2, 0.25) is 10.0 Å². The number of carbonyl (C=O) groups is 1. The summed E-state index contributed by atoms with van der Waals surface area (Å²) in [4.78, 5) is 11.0. The van der Waals surface area contributed by atoms with Crippen LogP contribution in [-0.2, 0) is 14.8 Å². The lowest BCUT2D eigenvalue weighted by atomic mass is 9.99. The van der Waals surface area contributed by atoms with Gasteiger partial charge in [0.25, 0.3) is 0 Å². The molecule has 2 atom stereocenters. The molecule has 1 fully saturated rings. The molecule has 0 aliphatic carbocycles. The van der Waals surface area contributed by atoms with Crippen LogP contribution in [0.1, 0.15) is 12.5 Å². The van der Waals surface area contributed by atoms with Gasteiger partial charge in [-0.2, -0.15) is 9.57 Å². The van der Waals surface area contributed by atoms with Crippen molar-refractivity contribution < 1.29 is 18.3 Å². The zero-order chi connectivity index (χ0) is 15.8. The van der Waals surface area contributed by atoms with Crippen LogP contribution in [0.2, 0.25) is 0 Å². The number of nitrogens with zero attached hydrogens (tertiary/aromatic N) is 2. The lowest BCUT2D eigenvalue weighted by Crippen LogP contribution is -2.30. The number of carboxylic acids is 1. The van der Waals surface area contributed by atoms with Gasteiger partial charge in [0.05, 0.1) is 11.5 Å². The highest BCUT2D eigenvalue weighted by Crippen LogP contribution is 2.31. The minimum absolute atomic E-state index is 0.0460. The average molecular weight is 373 g/mol. The summed E-state index contributed by atoms with van der Waals surface area (Å²) in [5.74, 6) is -2.00. The highest BCUT2D eigenvalue weighted by atomic mass is 79.9. The van der Waals surface area contributed by atoms with E-state index >= 15 is 0 Å². The minimum atomic E-state index is -3.89. The first kappa shape index (κ1) is 15.9. The maximum atomic E-state index is 12.6. The number of hydrogen-bond donors (Lipinski definition) is 1. The fraction of sp³-hybridized carbons (Fsp3) is 0.385. The molecule has 0 spiro atoms. The summed E-state index contributed by atoms with van der Waals surface area (Å²) in [5.41, 5.74) is 0.0460. The lowest BCUT2D eigenvalue weighted by Gasteiger charge is -2.17. The van der Waals surface area contributed by atoms with E-state index in [1.165, 1.54) is 12.1 Å². The largest absolute Gasteiger partial charge is 0.481 e. The van der Waals surface area contributed by atoms with Crippen molar-refractivity contribution in [3.05, 3.63) is 28.2 Å². The second-order valence-corrected chi connectivity index (χ2v) is 7.82. The van der Waals surface area contributed by atoms with Gasteiger partial charge in [-0.05, 0) is 24.1 Å². The van der Waals surface area contributed by atoms with Gasteiger partial charge in [-0.1, -0.05) is 22.9 Å². The molecule has 0 bridgehead atoms. The number of halogens is 1. The fourth-order valence-corrected chi connectivity index (χ4v) is 4.63. The predicted molar refractivity (Wildman–Crippen MR) is 77.9 cm³/mol. The molecular weight excluding hydrogens is 360 g/mol. The Morgan fingerprint density at radius 1 is 1.48 bits per heavy atom. The monoisotopic (exact) mass is 372 g/mol. The van der Waals surface area contributed by atoms with Crippen LogP contribution in [0.25, 0.3) is 0 Å². The summed E-state index contributed by atoms with van der Waals surface area (Å²) in [6.45, 7) is 1.77. The molecular formula is C13H13BrN2O4S. The van der Waals surface area contributed by atoms with E-state index in [9.17, 15) is 13.2 Å². The molecule has 1 aromatic carbocycles. The average Bonchev–Trinajstić information content (AvgIpc) is 2.81. The van der Waals surface area contributed by atoms with Crippen LogP contribution in [0.3, 0.4) is 0 Å². The molecule has 0 aromatic heterocycles. The number of benzene rings is 1. The van der Waals surface area contributed by atoms with E-state index in [4.69, 9.17) is 10.4 Å². The van der Waals surface area contributed by atoms with Gasteiger partial charge in [0.15, 0.2) is 0 Å². The zero-order valence-corrected chi connectivity index (χ0v) is 13.6. The normalized spacial score (nSPS) is 22.9. The molecule has 1 aliphatic heterocycles. The topological polar surface area (TPSA) is 98.5 Å². The van der Waals surface area contributed by atoms with E-state index in [-0.39, 0.29) is 29.5 Å². The smallest absolute Gasteiger partial charge is 0.308 e. The summed E-state index contributed by atoms with van der Waals surface area (Å²) in [6.07, 6.45) is 0. The molecule has 1 N–H and O–H groups in total. The Morgan fingerprint density at radius 3 is 2.67 bits per heavy atom.